The summed E-state index contributed by atoms with van der Waals surface area (Å²) in [5, 5.41) is 11.1. The highest BCUT2D eigenvalue weighted by molar-refractivity contribution is 5.82. The number of ether oxygens (including phenoxy) is 1. The summed E-state index contributed by atoms with van der Waals surface area (Å²) in [6.07, 6.45) is 6.05. The highest BCUT2D eigenvalue weighted by atomic mass is 16.6. The maximum absolute atomic E-state index is 12.3. The molecule has 1 aliphatic carbocycles. The van der Waals surface area contributed by atoms with Gasteiger partial charge in [0.1, 0.15) is 6.10 Å². The summed E-state index contributed by atoms with van der Waals surface area (Å²) in [5.74, 6) is -0.121. The van der Waals surface area contributed by atoms with E-state index in [0.29, 0.717) is 12.3 Å². The third-order valence-corrected chi connectivity index (χ3v) is 6.80. The number of carbonyl (C=O) groups excluding carboxylic acids is 1. The first kappa shape index (κ1) is 19.6. The zero-order valence-electron chi connectivity index (χ0n) is 17.1. The molecule has 0 radical (unpaired) electrons. The van der Waals surface area contributed by atoms with Gasteiger partial charge < -0.3 is 15.6 Å². The Morgan fingerprint density at radius 2 is 1.97 bits per heavy atom. The number of nitrogens with two attached hydrogens (primary N) is 1. The van der Waals surface area contributed by atoms with E-state index in [2.05, 4.69) is 24.9 Å². The molecule has 6 atom stereocenters. The average molecular weight is 392 g/mol. The predicted molar refractivity (Wildman–Crippen MR) is 114 cm³/mol. The number of pyridine rings is 1. The Balaban J connectivity index is 1.59. The van der Waals surface area contributed by atoms with Crippen LogP contribution in [0, 0.1) is 23.7 Å². The van der Waals surface area contributed by atoms with E-state index >= 15 is 0 Å². The van der Waals surface area contributed by atoms with Crippen molar-refractivity contribution in [2.75, 3.05) is 5.73 Å². The molecule has 0 bridgehead atoms. The van der Waals surface area contributed by atoms with Crippen molar-refractivity contribution < 1.29 is 14.6 Å². The molecule has 2 aromatic rings. The van der Waals surface area contributed by atoms with E-state index in [1.165, 1.54) is 0 Å². The molecular formula is C24H28N2O3. The predicted octanol–water partition coefficient (Wildman–Crippen LogP) is 3.93. The van der Waals surface area contributed by atoms with Gasteiger partial charge in [0.2, 0.25) is 0 Å². The second kappa shape index (κ2) is 7.30. The zero-order chi connectivity index (χ0) is 20.8. The molecule has 152 valence electrons. The number of allylic oxidation sites excluding steroid dienone is 1. The summed E-state index contributed by atoms with van der Waals surface area (Å²) in [6, 6.07) is 11.7. The fourth-order valence-electron chi connectivity index (χ4n) is 5.03. The van der Waals surface area contributed by atoms with E-state index in [0.717, 1.165) is 22.5 Å². The Morgan fingerprint density at radius 3 is 2.66 bits per heavy atom. The van der Waals surface area contributed by atoms with Gasteiger partial charge in [-0.2, -0.15) is 0 Å². The number of cyclic esters (lactones) is 1. The molecule has 0 amide bonds. The van der Waals surface area contributed by atoms with Crippen LogP contribution in [-0.2, 0) is 9.53 Å². The molecule has 1 aliphatic heterocycles. The van der Waals surface area contributed by atoms with Gasteiger partial charge in [-0.25, -0.2) is 4.79 Å². The van der Waals surface area contributed by atoms with Crippen LogP contribution in [-0.4, -0.2) is 27.8 Å². The number of nitrogens with zero attached hydrogens (tertiary/aromatic N) is 1. The number of para-hydroxylation sites is 1. The first-order valence-electron chi connectivity index (χ1n) is 10.2. The maximum atomic E-state index is 12.3. The average Bonchev–Trinajstić information content (AvgIpc) is 2.92. The van der Waals surface area contributed by atoms with Gasteiger partial charge in [0.25, 0.3) is 0 Å². The zero-order valence-corrected chi connectivity index (χ0v) is 17.1. The molecule has 5 heteroatoms. The summed E-state index contributed by atoms with van der Waals surface area (Å²) in [4.78, 5) is 16.9. The van der Waals surface area contributed by atoms with Crippen LogP contribution in [0.5, 0.6) is 0 Å². The fraction of sp³-hybridized carbons (Fsp3) is 0.417. The summed E-state index contributed by atoms with van der Waals surface area (Å²) < 4.78 is 5.42. The van der Waals surface area contributed by atoms with Gasteiger partial charge in [-0.15, -0.1) is 0 Å². The smallest absolute Gasteiger partial charge is 0.338 e. The summed E-state index contributed by atoms with van der Waals surface area (Å²) >= 11 is 0. The van der Waals surface area contributed by atoms with Gasteiger partial charge in [0.15, 0.2) is 5.60 Å². The standard InChI is InChI=1S/C24H28N2O3/c1-14-12-24(28)22(16(3)29-23(24)27)19(15(14)2)11-10-18-9-8-17(13-26-18)20-6-4-5-7-21(20)25/h4-11,13-16,19,22,28H,12,25H2,1-3H3/b11-10+/t14-,15+,16+,19-,22-,24-/m0/s1. The van der Waals surface area contributed by atoms with Gasteiger partial charge >= 0.3 is 5.97 Å². The van der Waals surface area contributed by atoms with Crippen LogP contribution in [0.25, 0.3) is 17.2 Å². The Labute approximate surface area is 171 Å². The van der Waals surface area contributed by atoms with Crippen LogP contribution >= 0.6 is 0 Å². The van der Waals surface area contributed by atoms with E-state index in [-0.39, 0.29) is 23.9 Å². The molecule has 1 saturated heterocycles. The third-order valence-electron chi connectivity index (χ3n) is 6.80. The minimum absolute atomic E-state index is 0.0384. The fourth-order valence-corrected chi connectivity index (χ4v) is 5.03. The molecule has 2 fully saturated rings. The third kappa shape index (κ3) is 3.33. The summed E-state index contributed by atoms with van der Waals surface area (Å²) in [7, 11) is 0. The van der Waals surface area contributed by atoms with Crippen molar-refractivity contribution in [2.24, 2.45) is 23.7 Å². The lowest BCUT2D eigenvalue weighted by atomic mass is 9.60. The van der Waals surface area contributed by atoms with Crippen LogP contribution in [0.4, 0.5) is 5.69 Å². The lowest BCUT2D eigenvalue weighted by Gasteiger charge is -2.44. The molecule has 1 saturated carbocycles. The first-order chi connectivity index (χ1) is 13.8. The van der Waals surface area contributed by atoms with Crippen molar-refractivity contribution in [1.82, 2.24) is 4.98 Å². The van der Waals surface area contributed by atoms with E-state index in [4.69, 9.17) is 10.5 Å². The minimum atomic E-state index is -1.39. The number of anilines is 1. The maximum Gasteiger partial charge on any atom is 0.338 e. The lowest BCUT2D eigenvalue weighted by molar-refractivity contribution is -0.160. The lowest BCUT2D eigenvalue weighted by Crippen LogP contribution is -2.52. The quantitative estimate of drug-likeness (QED) is 0.611. The number of carbonyl (C=O) groups is 1. The number of fused-ring (bicyclic) bond motifs is 1. The van der Waals surface area contributed by atoms with E-state index in [9.17, 15) is 9.90 Å². The molecule has 1 aromatic carbocycles. The van der Waals surface area contributed by atoms with Crippen molar-refractivity contribution in [2.45, 2.75) is 38.9 Å². The van der Waals surface area contributed by atoms with Gasteiger partial charge in [-0.3, -0.25) is 4.98 Å². The number of esters is 1. The minimum Gasteiger partial charge on any atom is -0.460 e. The molecule has 2 aliphatic rings. The van der Waals surface area contributed by atoms with Gasteiger partial charge in [0, 0.05) is 28.9 Å². The highest BCUT2D eigenvalue weighted by Crippen LogP contribution is 2.51. The number of hydrogen-bond acceptors (Lipinski definition) is 5. The second-order valence-electron chi connectivity index (χ2n) is 8.60. The van der Waals surface area contributed by atoms with E-state index in [1.54, 1.807) is 0 Å². The normalized spacial score (nSPS) is 34.2. The van der Waals surface area contributed by atoms with E-state index < -0.39 is 11.6 Å². The topological polar surface area (TPSA) is 85.4 Å². The Morgan fingerprint density at radius 1 is 1.21 bits per heavy atom. The summed E-state index contributed by atoms with van der Waals surface area (Å²) in [6.45, 7) is 6.15. The Bertz CT molecular complexity index is 939. The molecule has 5 nitrogen and oxygen atoms in total. The van der Waals surface area contributed by atoms with Gasteiger partial charge in [0.05, 0.1) is 5.69 Å². The molecule has 2 heterocycles. The molecular weight excluding hydrogens is 364 g/mol. The molecule has 0 spiro atoms. The van der Waals surface area contributed by atoms with Crippen LogP contribution < -0.4 is 5.73 Å². The van der Waals surface area contributed by atoms with Crippen LogP contribution in [0.15, 0.2) is 48.7 Å². The largest absolute Gasteiger partial charge is 0.460 e. The van der Waals surface area contributed by atoms with Crippen molar-refractivity contribution in [3.05, 3.63) is 54.4 Å². The molecule has 29 heavy (non-hydrogen) atoms. The number of benzene rings is 1. The van der Waals surface area contributed by atoms with Gasteiger partial charge in [-0.1, -0.05) is 44.2 Å². The second-order valence-corrected chi connectivity index (χ2v) is 8.60. The van der Waals surface area contributed by atoms with Crippen LogP contribution in [0.1, 0.15) is 32.9 Å². The molecule has 3 N–H and O–H groups in total. The Hall–Kier alpha value is -2.66. The molecule has 0 unspecified atom stereocenters. The van der Waals surface area contributed by atoms with Crippen LogP contribution in [0.3, 0.4) is 0 Å². The number of aliphatic hydroxyl groups is 1. The number of aromatic nitrogens is 1. The highest BCUT2D eigenvalue weighted by Gasteiger charge is 2.61. The van der Waals surface area contributed by atoms with Crippen molar-refractivity contribution in [3.8, 4) is 11.1 Å². The Kier molecular flexibility index (Phi) is 4.95. The number of nitrogen functional groups attached to an aromatic ring is 1. The molecule has 1 aromatic heterocycles. The summed E-state index contributed by atoms with van der Waals surface area (Å²) in [5.41, 5.74) is 8.16. The monoisotopic (exact) mass is 392 g/mol. The SMILES string of the molecule is C[C@H]1[C@H](/C=C/c2ccc(-c3ccccc3N)cn2)[C@@H]2[C@@H](C)OC(=O)[C@]2(O)C[C@@H]1C. The van der Waals surface area contributed by atoms with Crippen LogP contribution in [0.2, 0.25) is 0 Å². The van der Waals surface area contributed by atoms with Crippen molar-refractivity contribution in [1.29, 1.82) is 0 Å². The van der Waals surface area contributed by atoms with Crippen molar-refractivity contribution in [3.63, 3.8) is 0 Å². The first-order valence-corrected chi connectivity index (χ1v) is 10.2. The number of rotatable bonds is 3. The van der Waals surface area contributed by atoms with Gasteiger partial charge in [-0.05, 0) is 49.3 Å². The van der Waals surface area contributed by atoms with E-state index in [1.807, 2.05) is 55.6 Å². The number of hydrogen-bond donors (Lipinski definition) is 2. The van der Waals surface area contributed by atoms with Crippen molar-refractivity contribution >= 4 is 17.7 Å². The molecule has 4 rings (SSSR count).